The predicted octanol–water partition coefficient (Wildman–Crippen LogP) is 5.18. The molecule has 0 spiro atoms. The summed E-state index contributed by atoms with van der Waals surface area (Å²) in [6, 6.07) is 13.4. The van der Waals surface area contributed by atoms with Gasteiger partial charge in [-0.05, 0) is 80.4 Å². The van der Waals surface area contributed by atoms with Crippen LogP contribution in [0.15, 0.2) is 55.0 Å². The third-order valence-electron chi connectivity index (χ3n) is 6.83. The van der Waals surface area contributed by atoms with E-state index in [1.165, 1.54) is 48.2 Å². The first kappa shape index (κ1) is 20.2. The quantitative estimate of drug-likeness (QED) is 0.564. The molecule has 5 nitrogen and oxygen atoms in total. The van der Waals surface area contributed by atoms with E-state index < -0.39 is 0 Å². The maximum Gasteiger partial charge on any atom is 0.170 e. The molecular weight excluding hydrogens is 402 g/mol. The van der Waals surface area contributed by atoms with Crippen molar-refractivity contribution in [3.05, 3.63) is 83.2 Å². The Morgan fingerprint density at radius 3 is 2.55 bits per heavy atom. The lowest BCUT2D eigenvalue weighted by Crippen LogP contribution is -2.29. The van der Waals surface area contributed by atoms with Crippen LogP contribution in [0.25, 0.3) is 0 Å². The molecule has 0 bridgehead atoms. The first-order chi connectivity index (χ1) is 15.1. The largest absolute Gasteiger partial charge is 0.352 e. The Balaban J connectivity index is 1.58. The number of thiocarbonyl (C=S) groups is 1. The van der Waals surface area contributed by atoms with E-state index in [-0.39, 0.29) is 12.1 Å². The summed E-state index contributed by atoms with van der Waals surface area (Å²) >= 11 is 5.85. The highest BCUT2D eigenvalue weighted by atomic mass is 32.1. The van der Waals surface area contributed by atoms with Gasteiger partial charge in [0, 0.05) is 42.6 Å². The molecule has 0 unspecified atom stereocenters. The molecule has 3 aromatic heterocycles. The van der Waals surface area contributed by atoms with Crippen LogP contribution >= 0.6 is 12.2 Å². The smallest absolute Gasteiger partial charge is 0.170 e. The van der Waals surface area contributed by atoms with Gasteiger partial charge in [0.2, 0.25) is 0 Å². The van der Waals surface area contributed by atoms with E-state index in [0.29, 0.717) is 6.04 Å². The highest BCUT2D eigenvalue weighted by Gasteiger charge is 2.41. The Morgan fingerprint density at radius 2 is 1.84 bits per heavy atom. The van der Waals surface area contributed by atoms with E-state index >= 15 is 0 Å². The van der Waals surface area contributed by atoms with Crippen molar-refractivity contribution in [2.75, 3.05) is 0 Å². The van der Waals surface area contributed by atoms with Crippen molar-refractivity contribution < 1.29 is 0 Å². The van der Waals surface area contributed by atoms with E-state index in [1.54, 1.807) is 0 Å². The van der Waals surface area contributed by atoms with Crippen LogP contribution in [0.4, 0.5) is 0 Å². The minimum Gasteiger partial charge on any atom is -0.352 e. The molecule has 0 radical (unpaired) electrons. The van der Waals surface area contributed by atoms with Crippen molar-refractivity contribution in [1.82, 2.24) is 24.8 Å². The zero-order valence-electron chi connectivity index (χ0n) is 18.2. The number of aromatic nitrogens is 3. The zero-order valence-corrected chi connectivity index (χ0v) is 19.0. The number of aryl methyl sites for hydroxylation is 1. The lowest BCUT2D eigenvalue weighted by Gasteiger charge is -2.28. The number of nitrogens with zero attached hydrogens (tertiary/aromatic N) is 4. The second kappa shape index (κ2) is 8.42. The first-order valence-corrected chi connectivity index (χ1v) is 11.6. The molecule has 160 valence electrons. The van der Waals surface area contributed by atoms with Gasteiger partial charge in [-0.3, -0.25) is 9.97 Å². The van der Waals surface area contributed by atoms with Gasteiger partial charge in [-0.1, -0.05) is 18.9 Å². The summed E-state index contributed by atoms with van der Waals surface area (Å²) in [5.41, 5.74) is 6.29. The minimum atomic E-state index is 0.0214. The van der Waals surface area contributed by atoms with Crippen LogP contribution in [0.1, 0.15) is 72.0 Å². The van der Waals surface area contributed by atoms with Gasteiger partial charge in [-0.25, -0.2) is 0 Å². The molecule has 2 aliphatic rings. The maximum absolute atomic E-state index is 5.85. The molecule has 1 aliphatic heterocycles. The number of nitrogens with one attached hydrogen (secondary N) is 1. The van der Waals surface area contributed by atoms with Gasteiger partial charge in [0.05, 0.1) is 17.8 Å². The number of hydrogen-bond donors (Lipinski definition) is 1. The van der Waals surface area contributed by atoms with Gasteiger partial charge < -0.3 is 14.8 Å². The zero-order chi connectivity index (χ0) is 21.4. The SMILES string of the molecule is Cc1cc([C@@H]2[C@H](c3ccccn3)NC(=S)N2Cc2ccncc2)c(C)n1C1CCCC1. The third-order valence-corrected chi connectivity index (χ3v) is 7.18. The maximum atomic E-state index is 5.85. The Hall–Kier alpha value is -2.73. The van der Waals surface area contributed by atoms with E-state index in [9.17, 15) is 0 Å². The normalized spacial score (nSPS) is 21.6. The van der Waals surface area contributed by atoms with Gasteiger partial charge in [0.25, 0.3) is 0 Å². The molecule has 0 aromatic carbocycles. The fraction of sp³-hybridized carbons (Fsp3) is 0.400. The third kappa shape index (κ3) is 3.74. The number of pyridine rings is 2. The standard InChI is InChI=1S/C25H29N5S/c1-17-15-21(18(2)30(17)20-7-3-4-8-20)24-23(22-9-5-6-12-27-22)28-25(31)29(24)16-19-10-13-26-14-11-19/h5-6,9-15,20,23-24H,3-4,7-8,16H2,1-2H3,(H,28,31)/t23-,24+/m0/s1. The summed E-state index contributed by atoms with van der Waals surface area (Å²) in [5, 5.41) is 4.37. The highest BCUT2D eigenvalue weighted by Crippen LogP contribution is 2.43. The molecule has 2 atom stereocenters. The van der Waals surface area contributed by atoms with Gasteiger partial charge in [0.1, 0.15) is 0 Å². The Morgan fingerprint density at radius 1 is 1.06 bits per heavy atom. The Kier molecular flexibility index (Phi) is 5.48. The number of hydrogen-bond acceptors (Lipinski definition) is 3. The van der Waals surface area contributed by atoms with Crippen LogP contribution in [0.3, 0.4) is 0 Å². The topological polar surface area (TPSA) is 46.0 Å². The Labute approximate surface area is 189 Å². The molecular formula is C25H29N5S. The van der Waals surface area contributed by atoms with Crippen molar-refractivity contribution in [3.8, 4) is 0 Å². The van der Waals surface area contributed by atoms with Crippen molar-refractivity contribution in [1.29, 1.82) is 0 Å². The van der Waals surface area contributed by atoms with Crippen molar-refractivity contribution in [3.63, 3.8) is 0 Å². The summed E-state index contributed by atoms with van der Waals surface area (Å²) in [5.74, 6) is 0. The Bertz CT molecular complexity index is 1060. The predicted molar refractivity (Wildman–Crippen MR) is 127 cm³/mol. The van der Waals surface area contributed by atoms with Crippen LogP contribution in [-0.4, -0.2) is 24.5 Å². The van der Waals surface area contributed by atoms with Gasteiger partial charge in [-0.2, -0.15) is 0 Å². The summed E-state index contributed by atoms with van der Waals surface area (Å²) in [6.45, 7) is 5.27. The average Bonchev–Trinajstić information content (AvgIpc) is 3.49. The molecule has 0 amide bonds. The van der Waals surface area contributed by atoms with Gasteiger partial charge in [0.15, 0.2) is 5.11 Å². The molecule has 6 heteroatoms. The van der Waals surface area contributed by atoms with E-state index in [0.717, 1.165) is 17.4 Å². The molecule has 1 saturated heterocycles. The fourth-order valence-electron chi connectivity index (χ4n) is 5.43. The van der Waals surface area contributed by atoms with Crippen LogP contribution in [0.2, 0.25) is 0 Å². The molecule has 5 rings (SSSR count). The van der Waals surface area contributed by atoms with Crippen LogP contribution < -0.4 is 5.32 Å². The van der Waals surface area contributed by atoms with Crippen molar-refractivity contribution in [2.45, 2.75) is 64.2 Å². The molecule has 4 heterocycles. The van der Waals surface area contributed by atoms with Crippen molar-refractivity contribution in [2.24, 2.45) is 0 Å². The van der Waals surface area contributed by atoms with Gasteiger partial charge >= 0.3 is 0 Å². The van der Waals surface area contributed by atoms with E-state index in [2.05, 4.69) is 68.9 Å². The fourth-order valence-corrected chi connectivity index (χ4v) is 5.73. The molecule has 1 aliphatic carbocycles. The second-order valence-corrected chi connectivity index (χ2v) is 9.13. The molecule has 2 fully saturated rings. The summed E-state index contributed by atoms with van der Waals surface area (Å²) in [4.78, 5) is 11.2. The lowest BCUT2D eigenvalue weighted by molar-refractivity contribution is 0.309. The van der Waals surface area contributed by atoms with E-state index in [4.69, 9.17) is 12.2 Å². The minimum absolute atomic E-state index is 0.0214. The van der Waals surface area contributed by atoms with Crippen LogP contribution in [-0.2, 0) is 6.54 Å². The van der Waals surface area contributed by atoms with E-state index in [1.807, 2.05) is 24.7 Å². The van der Waals surface area contributed by atoms with Crippen LogP contribution in [0, 0.1) is 13.8 Å². The first-order valence-electron chi connectivity index (χ1n) is 11.2. The van der Waals surface area contributed by atoms with Crippen molar-refractivity contribution >= 4 is 17.3 Å². The average molecular weight is 432 g/mol. The number of rotatable bonds is 5. The summed E-state index contributed by atoms with van der Waals surface area (Å²) in [7, 11) is 0. The molecule has 1 N–H and O–H groups in total. The molecule has 31 heavy (non-hydrogen) atoms. The molecule has 1 saturated carbocycles. The second-order valence-electron chi connectivity index (χ2n) is 8.74. The highest BCUT2D eigenvalue weighted by molar-refractivity contribution is 7.80. The monoisotopic (exact) mass is 431 g/mol. The van der Waals surface area contributed by atoms with Gasteiger partial charge in [-0.15, -0.1) is 0 Å². The lowest BCUT2D eigenvalue weighted by atomic mass is 9.96. The summed E-state index contributed by atoms with van der Waals surface area (Å²) < 4.78 is 2.57. The summed E-state index contributed by atoms with van der Waals surface area (Å²) in [6.07, 6.45) is 10.8. The molecule has 3 aromatic rings. The van der Waals surface area contributed by atoms with Crippen LogP contribution in [0.5, 0.6) is 0 Å².